The first-order valence-electron chi connectivity index (χ1n) is 7.09. The molecular weight excluding hydrogens is 276 g/mol. The summed E-state index contributed by atoms with van der Waals surface area (Å²) in [7, 11) is -3.09. The highest BCUT2D eigenvalue weighted by Gasteiger charge is 2.34. The first-order valence-corrected chi connectivity index (χ1v) is 8.81. The molecule has 1 aliphatic heterocycles. The van der Waals surface area contributed by atoms with E-state index in [1.807, 2.05) is 6.92 Å². The Morgan fingerprint density at radius 2 is 2.25 bits per heavy atom. The summed E-state index contributed by atoms with van der Waals surface area (Å²) in [6.07, 6.45) is 6.45. The van der Waals surface area contributed by atoms with E-state index in [4.69, 9.17) is 10.5 Å². The average molecular weight is 298 g/mol. The number of hydrogen-bond donors (Lipinski definition) is 1. The number of aromatic nitrogens is 1. The molecule has 0 radical (unpaired) electrons. The molecular formula is C14H22N2O3S. The van der Waals surface area contributed by atoms with Gasteiger partial charge in [0.25, 0.3) is 0 Å². The van der Waals surface area contributed by atoms with Gasteiger partial charge in [-0.15, -0.1) is 0 Å². The third-order valence-electron chi connectivity index (χ3n) is 3.62. The molecule has 1 aromatic heterocycles. The summed E-state index contributed by atoms with van der Waals surface area (Å²) in [4.78, 5) is 4.10. The molecule has 0 saturated carbocycles. The van der Waals surface area contributed by atoms with Gasteiger partial charge in [0, 0.05) is 12.2 Å². The highest BCUT2D eigenvalue weighted by molar-refractivity contribution is 7.92. The van der Waals surface area contributed by atoms with Crippen LogP contribution in [0.3, 0.4) is 0 Å². The predicted octanol–water partition coefficient (Wildman–Crippen LogP) is 1.84. The second-order valence-electron chi connectivity index (χ2n) is 5.23. The topological polar surface area (TPSA) is 82.3 Å². The monoisotopic (exact) mass is 298 g/mol. The van der Waals surface area contributed by atoms with Gasteiger partial charge in [0.1, 0.15) is 5.75 Å². The maximum atomic E-state index is 12.1. The second-order valence-corrected chi connectivity index (χ2v) is 7.57. The lowest BCUT2D eigenvalue weighted by molar-refractivity contribution is 0.315. The van der Waals surface area contributed by atoms with Crippen molar-refractivity contribution in [1.29, 1.82) is 0 Å². The minimum absolute atomic E-state index is 0.241. The van der Waals surface area contributed by atoms with Crippen molar-refractivity contribution >= 4 is 9.84 Å². The molecule has 1 aromatic rings. The molecule has 0 bridgehead atoms. The highest BCUT2D eigenvalue weighted by Crippen LogP contribution is 2.30. The van der Waals surface area contributed by atoms with Gasteiger partial charge in [-0.05, 0) is 30.9 Å². The third-order valence-corrected chi connectivity index (χ3v) is 5.93. The molecule has 2 N–H and O–H groups in total. The van der Waals surface area contributed by atoms with Crippen molar-refractivity contribution in [3.8, 4) is 5.75 Å². The lowest BCUT2D eigenvalue weighted by Crippen LogP contribution is -2.37. The SMILES string of the molecule is CCCOc1cncc(C(N)C2CCCCS2(=O)=O)c1. The quantitative estimate of drug-likeness (QED) is 0.897. The van der Waals surface area contributed by atoms with Crippen molar-refractivity contribution in [2.75, 3.05) is 12.4 Å². The molecule has 0 spiro atoms. The average Bonchev–Trinajstić information content (AvgIpc) is 2.44. The van der Waals surface area contributed by atoms with Crippen LogP contribution in [0.25, 0.3) is 0 Å². The Morgan fingerprint density at radius 1 is 1.45 bits per heavy atom. The molecule has 112 valence electrons. The number of nitrogens with zero attached hydrogens (tertiary/aromatic N) is 1. The maximum Gasteiger partial charge on any atom is 0.155 e. The van der Waals surface area contributed by atoms with Crippen LogP contribution in [0.15, 0.2) is 18.5 Å². The van der Waals surface area contributed by atoms with Gasteiger partial charge in [0.15, 0.2) is 9.84 Å². The molecule has 2 heterocycles. The largest absolute Gasteiger partial charge is 0.492 e. The summed E-state index contributed by atoms with van der Waals surface area (Å²) in [6.45, 7) is 2.64. The zero-order chi connectivity index (χ0) is 14.6. The molecule has 1 fully saturated rings. The summed E-state index contributed by atoms with van der Waals surface area (Å²) in [5, 5.41) is -0.500. The lowest BCUT2D eigenvalue weighted by Gasteiger charge is -2.27. The second kappa shape index (κ2) is 6.54. The molecule has 5 nitrogen and oxygen atoms in total. The van der Waals surface area contributed by atoms with Crippen LogP contribution in [-0.2, 0) is 9.84 Å². The Morgan fingerprint density at radius 3 is 2.95 bits per heavy atom. The third kappa shape index (κ3) is 3.49. The molecule has 2 unspecified atom stereocenters. The van der Waals surface area contributed by atoms with Crippen molar-refractivity contribution in [2.24, 2.45) is 5.73 Å². The van der Waals surface area contributed by atoms with Gasteiger partial charge in [-0.2, -0.15) is 0 Å². The van der Waals surface area contributed by atoms with Crippen LogP contribution in [0.2, 0.25) is 0 Å². The van der Waals surface area contributed by atoms with Crippen LogP contribution >= 0.6 is 0 Å². The van der Waals surface area contributed by atoms with E-state index in [9.17, 15) is 8.42 Å². The molecule has 1 saturated heterocycles. The fourth-order valence-corrected chi connectivity index (χ4v) is 4.55. The number of rotatable bonds is 5. The minimum Gasteiger partial charge on any atom is -0.492 e. The number of hydrogen-bond acceptors (Lipinski definition) is 5. The van der Waals surface area contributed by atoms with Crippen LogP contribution < -0.4 is 10.5 Å². The van der Waals surface area contributed by atoms with Gasteiger partial charge in [-0.3, -0.25) is 4.98 Å². The number of pyridine rings is 1. The van der Waals surface area contributed by atoms with Crippen molar-refractivity contribution in [3.05, 3.63) is 24.0 Å². The summed E-state index contributed by atoms with van der Waals surface area (Å²) in [5.74, 6) is 0.887. The maximum absolute atomic E-state index is 12.1. The normalized spacial score (nSPS) is 23.2. The first-order chi connectivity index (χ1) is 9.54. The van der Waals surface area contributed by atoms with Gasteiger partial charge < -0.3 is 10.5 Å². The molecule has 0 amide bonds. The molecule has 1 aliphatic rings. The van der Waals surface area contributed by atoms with E-state index in [0.29, 0.717) is 18.8 Å². The minimum atomic E-state index is -3.09. The molecule has 6 heteroatoms. The molecule has 2 rings (SSSR count). The Kier molecular flexibility index (Phi) is 4.99. The van der Waals surface area contributed by atoms with Crippen molar-refractivity contribution < 1.29 is 13.2 Å². The van der Waals surface area contributed by atoms with E-state index < -0.39 is 21.1 Å². The highest BCUT2D eigenvalue weighted by atomic mass is 32.2. The number of sulfone groups is 1. The zero-order valence-corrected chi connectivity index (χ0v) is 12.6. The van der Waals surface area contributed by atoms with E-state index in [1.165, 1.54) is 0 Å². The molecule has 0 aromatic carbocycles. The number of nitrogens with two attached hydrogens (primary N) is 1. The van der Waals surface area contributed by atoms with Gasteiger partial charge >= 0.3 is 0 Å². The fourth-order valence-electron chi connectivity index (χ4n) is 2.51. The Hall–Kier alpha value is -1.14. The lowest BCUT2D eigenvalue weighted by atomic mass is 10.0. The van der Waals surface area contributed by atoms with Crippen molar-refractivity contribution in [3.63, 3.8) is 0 Å². The molecule has 0 aliphatic carbocycles. The summed E-state index contributed by atoms with van der Waals surface area (Å²) in [6, 6.07) is 1.27. The Bertz CT molecular complexity index is 545. The summed E-state index contributed by atoms with van der Waals surface area (Å²) in [5.41, 5.74) is 6.90. The van der Waals surface area contributed by atoms with E-state index in [0.717, 1.165) is 24.8 Å². The van der Waals surface area contributed by atoms with Crippen molar-refractivity contribution in [2.45, 2.75) is 43.9 Å². The van der Waals surface area contributed by atoms with E-state index >= 15 is 0 Å². The van der Waals surface area contributed by atoms with Crippen LogP contribution in [0.5, 0.6) is 5.75 Å². The van der Waals surface area contributed by atoms with Gasteiger partial charge in [0.05, 0.1) is 23.8 Å². The van der Waals surface area contributed by atoms with Crippen LogP contribution in [-0.4, -0.2) is 31.0 Å². The van der Waals surface area contributed by atoms with Gasteiger partial charge in [-0.1, -0.05) is 13.3 Å². The van der Waals surface area contributed by atoms with E-state index in [2.05, 4.69) is 4.98 Å². The van der Waals surface area contributed by atoms with E-state index in [-0.39, 0.29) is 5.75 Å². The number of ether oxygens (including phenoxy) is 1. The molecule has 2 atom stereocenters. The van der Waals surface area contributed by atoms with Gasteiger partial charge in [-0.25, -0.2) is 8.42 Å². The van der Waals surface area contributed by atoms with Crippen LogP contribution in [0, 0.1) is 0 Å². The standard InChI is InChI=1S/C14H22N2O3S/c1-2-6-19-12-8-11(9-16-10-12)14(15)13-5-3-4-7-20(13,17)18/h8-10,13-14H,2-7,15H2,1H3. The van der Waals surface area contributed by atoms with Crippen molar-refractivity contribution in [1.82, 2.24) is 4.98 Å². The summed E-state index contributed by atoms with van der Waals surface area (Å²) < 4.78 is 29.8. The summed E-state index contributed by atoms with van der Waals surface area (Å²) >= 11 is 0. The fraction of sp³-hybridized carbons (Fsp3) is 0.643. The Balaban J connectivity index is 2.17. The predicted molar refractivity (Wildman–Crippen MR) is 78.4 cm³/mol. The zero-order valence-electron chi connectivity index (χ0n) is 11.8. The van der Waals surface area contributed by atoms with E-state index in [1.54, 1.807) is 18.5 Å². The van der Waals surface area contributed by atoms with Gasteiger partial charge in [0.2, 0.25) is 0 Å². The first kappa shape index (κ1) is 15.3. The van der Waals surface area contributed by atoms with Crippen LogP contribution in [0.4, 0.5) is 0 Å². The smallest absolute Gasteiger partial charge is 0.155 e. The molecule has 20 heavy (non-hydrogen) atoms. The van der Waals surface area contributed by atoms with Crippen LogP contribution in [0.1, 0.15) is 44.2 Å². The Labute approximate surface area is 120 Å².